The predicted octanol–water partition coefficient (Wildman–Crippen LogP) is 2.68. The minimum atomic E-state index is -4.39. The van der Waals surface area contributed by atoms with Gasteiger partial charge in [0.15, 0.2) is 0 Å². The quantitative estimate of drug-likeness (QED) is 0.644. The van der Waals surface area contributed by atoms with E-state index in [2.05, 4.69) is 0 Å². The first-order valence-corrected chi connectivity index (χ1v) is 3.18. The molecule has 64 valence electrons. The van der Waals surface area contributed by atoms with E-state index in [1.54, 1.807) is 0 Å². The van der Waals surface area contributed by atoms with Crippen molar-refractivity contribution in [1.82, 2.24) is 0 Å². The van der Waals surface area contributed by atoms with Gasteiger partial charge in [-0.1, -0.05) is 12.1 Å². The molecule has 1 N–H and O–H groups in total. The molecule has 0 aliphatic rings. The third-order valence-electron chi connectivity index (χ3n) is 1.20. The van der Waals surface area contributed by atoms with Gasteiger partial charge in [0.1, 0.15) is 0 Å². The van der Waals surface area contributed by atoms with Gasteiger partial charge in [0.2, 0.25) is 0 Å². The average molecular weight is 173 g/mol. The molecule has 0 aliphatic heterocycles. The molecule has 0 unspecified atom stereocenters. The van der Waals surface area contributed by atoms with Crippen LogP contribution < -0.4 is 5.32 Å². The standard InChI is InChI=1S/C8H6F3N/c1-6-2-4-7(5-3-6)12-8(9,10)11/h1-5,12H. The number of nitrogens with one attached hydrogen (secondary N) is 1. The van der Waals surface area contributed by atoms with Gasteiger partial charge in [-0.15, -0.1) is 0 Å². The first-order valence-electron chi connectivity index (χ1n) is 3.18. The second kappa shape index (κ2) is 3.05. The number of halogens is 3. The van der Waals surface area contributed by atoms with E-state index in [9.17, 15) is 13.2 Å². The van der Waals surface area contributed by atoms with Crippen LogP contribution in [0.5, 0.6) is 0 Å². The zero-order valence-corrected chi connectivity index (χ0v) is 6.02. The molecule has 1 nitrogen and oxygen atoms in total. The SMILES string of the molecule is [CH]c1ccc(NC(F)(F)F)cc1. The van der Waals surface area contributed by atoms with E-state index in [-0.39, 0.29) is 5.69 Å². The molecular weight excluding hydrogens is 167 g/mol. The highest BCUT2D eigenvalue weighted by Crippen LogP contribution is 2.19. The first-order chi connectivity index (χ1) is 5.47. The van der Waals surface area contributed by atoms with E-state index in [0.717, 1.165) is 0 Å². The fraction of sp³-hybridized carbons (Fsp3) is 0.125. The Balaban J connectivity index is 2.71. The van der Waals surface area contributed by atoms with Crippen molar-refractivity contribution >= 4 is 5.69 Å². The van der Waals surface area contributed by atoms with Gasteiger partial charge in [-0.3, -0.25) is 5.32 Å². The monoisotopic (exact) mass is 173 g/mol. The summed E-state index contributed by atoms with van der Waals surface area (Å²) in [4.78, 5) is 0. The Labute approximate surface area is 68.2 Å². The van der Waals surface area contributed by atoms with Crippen molar-refractivity contribution in [3.05, 3.63) is 36.8 Å². The summed E-state index contributed by atoms with van der Waals surface area (Å²) in [6.07, 6.45) is -4.39. The van der Waals surface area contributed by atoms with Crippen LogP contribution in [0.2, 0.25) is 0 Å². The van der Waals surface area contributed by atoms with Crippen LogP contribution in [-0.2, 0) is 0 Å². The molecule has 0 aromatic heterocycles. The van der Waals surface area contributed by atoms with Gasteiger partial charge < -0.3 is 0 Å². The third kappa shape index (κ3) is 2.82. The maximum atomic E-state index is 11.7. The Morgan fingerprint density at radius 1 is 1.08 bits per heavy atom. The Hall–Kier alpha value is -1.19. The van der Waals surface area contributed by atoms with Crippen LogP contribution in [-0.4, -0.2) is 6.30 Å². The van der Waals surface area contributed by atoms with Gasteiger partial charge in [0.05, 0.1) is 0 Å². The number of rotatable bonds is 1. The Kier molecular flexibility index (Phi) is 2.26. The maximum absolute atomic E-state index is 11.7. The van der Waals surface area contributed by atoms with Gasteiger partial charge in [-0.25, -0.2) is 0 Å². The molecule has 1 aromatic carbocycles. The summed E-state index contributed by atoms with van der Waals surface area (Å²) in [6.45, 7) is 5.28. The summed E-state index contributed by atoms with van der Waals surface area (Å²) >= 11 is 0. The average Bonchev–Trinajstić information content (AvgIpc) is 1.91. The lowest BCUT2D eigenvalue weighted by Crippen LogP contribution is -2.20. The topological polar surface area (TPSA) is 12.0 Å². The molecule has 0 atom stereocenters. The molecule has 0 fully saturated rings. The highest BCUT2D eigenvalue weighted by molar-refractivity contribution is 5.45. The van der Waals surface area contributed by atoms with Gasteiger partial charge >= 0.3 is 6.30 Å². The van der Waals surface area contributed by atoms with Gasteiger partial charge in [0.25, 0.3) is 0 Å². The molecule has 1 aromatic rings. The molecule has 0 saturated carbocycles. The number of anilines is 1. The molecular formula is C8H6F3N. The molecule has 0 bridgehead atoms. The molecule has 12 heavy (non-hydrogen) atoms. The lowest BCUT2D eigenvalue weighted by atomic mass is 10.2. The van der Waals surface area contributed by atoms with E-state index in [4.69, 9.17) is 6.92 Å². The number of alkyl halides is 3. The fourth-order valence-electron chi connectivity index (χ4n) is 0.730. The number of hydrogen-bond donors (Lipinski definition) is 1. The van der Waals surface area contributed by atoms with Crippen molar-refractivity contribution in [2.75, 3.05) is 5.32 Å². The van der Waals surface area contributed by atoms with E-state index >= 15 is 0 Å². The largest absolute Gasteiger partial charge is 0.482 e. The van der Waals surface area contributed by atoms with Gasteiger partial charge in [-0.2, -0.15) is 13.2 Å². The summed E-state index contributed by atoms with van der Waals surface area (Å²) in [6, 6.07) is 5.33. The maximum Gasteiger partial charge on any atom is 0.482 e. The zero-order chi connectivity index (χ0) is 9.19. The lowest BCUT2D eigenvalue weighted by Gasteiger charge is -2.09. The van der Waals surface area contributed by atoms with Crippen LogP contribution >= 0.6 is 0 Å². The lowest BCUT2D eigenvalue weighted by molar-refractivity contribution is -0.0999. The molecule has 0 heterocycles. The summed E-state index contributed by atoms with van der Waals surface area (Å²) in [7, 11) is 0. The van der Waals surface area contributed by atoms with Crippen LogP contribution in [0.1, 0.15) is 5.56 Å². The van der Waals surface area contributed by atoms with Gasteiger partial charge in [-0.05, 0) is 24.6 Å². The van der Waals surface area contributed by atoms with Crippen molar-refractivity contribution in [1.29, 1.82) is 0 Å². The molecule has 1 rings (SSSR count). The molecule has 0 spiro atoms. The van der Waals surface area contributed by atoms with Crippen molar-refractivity contribution in [3.63, 3.8) is 0 Å². The normalized spacial score (nSPS) is 11.3. The number of hydrogen-bond acceptors (Lipinski definition) is 1. The van der Waals surface area contributed by atoms with Crippen LogP contribution in [0.3, 0.4) is 0 Å². The molecule has 0 aliphatic carbocycles. The van der Waals surface area contributed by atoms with Crippen LogP contribution in [0.15, 0.2) is 24.3 Å². The highest BCUT2D eigenvalue weighted by Gasteiger charge is 2.26. The van der Waals surface area contributed by atoms with E-state index in [1.165, 1.54) is 29.6 Å². The Bertz CT molecular complexity index is 250. The Morgan fingerprint density at radius 3 is 2.00 bits per heavy atom. The Morgan fingerprint density at radius 2 is 1.58 bits per heavy atom. The number of benzene rings is 1. The predicted molar refractivity (Wildman–Crippen MR) is 39.5 cm³/mol. The highest BCUT2D eigenvalue weighted by atomic mass is 19.4. The second-order valence-corrected chi connectivity index (χ2v) is 2.24. The van der Waals surface area contributed by atoms with Crippen molar-refractivity contribution in [2.24, 2.45) is 0 Å². The summed E-state index contributed by atoms with van der Waals surface area (Å²) in [5.41, 5.74) is 0.416. The zero-order valence-electron chi connectivity index (χ0n) is 6.02. The fourth-order valence-corrected chi connectivity index (χ4v) is 0.730. The van der Waals surface area contributed by atoms with Crippen LogP contribution in [0.25, 0.3) is 0 Å². The summed E-state index contributed by atoms with van der Waals surface area (Å²) in [5, 5.41) is 1.35. The van der Waals surface area contributed by atoms with Gasteiger partial charge in [0, 0.05) is 5.69 Å². The van der Waals surface area contributed by atoms with Crippen LogP contribution in [0, 0.1) is 6.92 Å². The molecule has 2 radical (unpaired) electrons. The molecule has 0 amide bonds. The van der Waals surface area contributed by atoms with E-state index < -0.39 is 6.30 Å². The third-order valence-corrected chi connectivity index (χ3v) is 1.20. The second-order valence-electron chi connectivity index (χ2n) is 2.24. The minimum absolute atomic E-state index is 0.0169. The van der Waals surface area contributed by atoms with Crippen LogP contribution in [0.4, 0.5) is 18.9 Å². The summed E-state index contributed by atoms with van der Waals surface area (Å²) < 4.78 is 35.1. The van der Waals surface area contributed by atoms with Crippen molar-refractivity contribution in [2.45, 2.75) is 6.30 Å². The first kappa shape index (κ1) is 8.90. The smallest absolute Gasteiger partial charge is 0.298 e. The van der Waals surface area contributed by atoms with E-state index in [1.807, 2.05) is 0 Å². The van der Waals surface area contributed by atoms with Crippen molar-refractivity contribution in [3.8, 4) is 0 Å². The summed E-state index contributed by atoms with van der Waals surface area (Å²) in [5.74, 6) is 0. The minimum Gasteiger partial charge on any atom is -0.298 e. The molecule has 0 saturated heterocycles. The van der Waals surface area contributed by atoms with E-state index in [0.29, 0.717) is 5.56 Å². The molecule has 4 heteroatoms. The van der Waals surface area contributed by atoms with Crippen molar-refractivity contribution < 1.29 is 13.2 Å².